The molecule has 1 N–H and O–H groups in total. The molecule has 0 spiro atoms. The normalized spacial score (nSPS) is 16.9. The maximum Gasteiger partial charge on any atom is -0.197 e. The van der Waals surface area contributed by atoms with Crippen LogP contribution in [0.25, 0.3) is 0 Å². The first-order valence-corrected chi connectivity index (χ1v) is 597. The first-order chi connectivity index (χ1) is 67.1. The first kappa shape index (κ1) is 218. The molecule has 4 aromatic carbocycles. The van der Waals surface area contributed by atoms with Crippen LogP contribution in [0.15, 0.2) is 157 Å². The van der Waals surface area contributed by atoms with Crippen molar-refractivity contribution in [2.45, 2.75) is 86.7 Å². The van der Waals surface area contributed by atoms with Crippen LogP contribution < -0.4 is 18.6 Å². The van der Waals surface area contributed by atoms with E-state index in [1.54, 1.807) is 6.08 Å². The number of carbonyl (C=O) groups excluding carboxylic acids is 2. The maximum absolute atomic E-state index is 12.7. The smallest absolute Gasteiger partial charge is 0.197 e. The third-order valence-corrected chi connectivity index (χ3v) is 6870. The summed E-state index contributed by atoms with van der Waals surface area (Å²) in [6.07, 6.45) is 2.94. The molecule has 0 aromatic heterocycles. The van der Waals surface area contributed by atoms with Gasteiger partial charge in [0, 0.05) is 71.6 Å². The van der Waals surface area contributed by atoms with Gasteiger partial charge in [0.2, 0.25) is 0 Å². The van der Waals surface area contributed by atoms with Crippen molar-refractivity contribution >= 4 is 1310 Å². The van der Waals surface area contributed by atoms with Crippen LogP contribution in [0.3, 0.4) is 0 Å². The predicted octanol–water partition coefficient (Wildman–Crippen LogP) is 90.2. The molecule has 0 amide bonds. The number of nitrogens with zero attached hydrogens (tertiary/aromatic N) is 1. The molecule has 3 atom stereocenters. The van der Waals surface area contributed by atoms with Gasteiger partial charge in [-0.2, -0.15) is 27.0 Å². The predicted molar refractivity (Wildman–Crippen MR) is 1540 cm³/mol. The minimum absolute atomic E-state index is 0. The molecule has 6 nitrogen and oxygen atoms in total. The van der Waals surface area contributed by atoms with Gasteiger partial charge in [-0.3, -0.25) is 0 Å². The van der Waals surface area contributed by atoms with Crippen molar-refractivity contribution in [1.29, 1.82) is 0 Å². The second-order valence-electron chi connectivity index (χ2n) is 19.6. The quantitative estimate of drug-likeness (QED) is 0.0156. The van der Waals surface area contributed by atoms with Gasteiger partial charge in [-0.1, -0.05) is 165 Å². The van der Waals surface area contributed by atoms with Crippen LogP contribution in [0.5, 0.6) is 0 Å². The summed E-state index contributed by atoms with van der Waals surface area (Å²) < 4.78 is 12.0. The van der Waals surface area contributed by atoms with Gasteiger partial charge in [-0.25, -0.2) is 9.59 Å². The fraction of sp³-hybridized carbons (Fsp3) is 0.304. The minimum Gasteiger partial charge on any atom is -0.197 e. The number of allylic oxidation sites excluding steroid dienone is 3. The Morgan fingerprint density at radius 3 is 0.784 bits per heavy atom. The van der Waals surface area contributed by atoms with E-state index in [1.807, 2.05) is 98.8 Å². The third kappa shape index (κ3) is 89.0. The monoisotopic (exact) mass is 12700 g/mol. The topological polar surface area (TPSA) is 67.9 Å². The molecular weight excluding hydrogens is 12600 g/mol. The number of halogens is 94. The van der Waals surface area contributed by atoms with Crippen molar-refractivity contribution in [2.24, 2.45) is 0 Å². The molecule has 5 rings (SSSR count). The summed E-state index contributed by atoms with van der Waals surface area (Å²) in [5.74, 6) is -0.502. The van der Waals surface area contributed by atoms with Gasteiger partial charge in [0.25, 0.3) is 0 Å². The van der Waals surface area contributed by atoms with Gasteiger partial charge in [0.05, 0.1) is 17.2 Å². The number of carbonyl (C=O) groups is 2. The molecule has 148 heavy (non-hydrogen) atoms. The van der Waals surface area contributed by atoms with Crippen LogP contribution in [0.2, 0.25) is 0 Å². The van der Waals surface area contributed by atoms with E-state index in [4.69, 9.17) is 9.47 Å². The van der Waals surface area contributed by atoms with Crippen LogP contribution in [0.1, 0.15) is 89.7 Å². The summed E-state index contributed by atoms with van der Waals surface area (Å²) in [5, 5.41) is 3.39. The van der Waals surface area contributed by atoms with E-state index < -0.39 is 339 Å². The Hall–Kier alpha value is 64.0. The van der Waals surface area contributed by atoms with E-state index in [0.717, 1.165) is 44.5 Å². The maximum atomic E-state index is 12.7. The average molecular weight is 12700 g/mol. The van der Waals surface area contributed by atoms with Crippen molar-refractivity contribution in [2.75, 3.05) is 4.43 Å². The van der Waals surface area contributed by atoms with E-state index in [-0.39, 0.29) is 72.5 Å². The standard InChI is InChI=1S/C22H24INO2.C22H25NO2.2CH4.I46.I45.I2.2H2S/c1-16(19-11-7-4-8-12-19)24-17(2)21(13-20(24)14-23)22(25)26-15-18-9-5-3-6-10-18;1-4-11-21(22(24)25-16-19-12-7-5-8-13-19)18(3)23-17(2)20-14-9-6-10-15-20;;;1-25(2)27(5)29(7)31(9)33(11)35(13)37(15)39(17)41(19)43(21)45(23)46(24)44(22)42(20)40(18)38(16)36(14)34(12)32(10)30(8)28(6)26(3)4;1-24-26(4)28(6)30(8)32(10)34(12)36(14)38(16)40(18)42(20)44(22)45(23)43(21)41(19)39(17)37(15)35(13)33(11)31(9)29(7)27(5)25(2)3;1-2;;/h3-12,16,20H,13-15H2,1-2H3;4-10,12-15,17,23H,1,11,16H2,2-3H3;2*1H4;;;;2*1H2/q;;;;;-1;;;/b;21-18+;;;;;;;/t16-,20?;17-;;;;;;;/m00......./s1. The first-order valence-electron chi connectivity index (χ1n) is 30.2. The average Bonchev–Trinajstić information content (AvgIpc) is 1.58. The van der Waals surface area contributed by atoms with E-state index in [0.29, 0.717) is 37.9 Å². The zero-order valence-electron chi connectivity index (χ0n) is 66.2. The second kappa shape index (κ2) is 132. The molecule has 1 heterocycles. The number of benzene rings is 4. The molecular formula is C46H61I94N2O4S2-. The summed E-state index contributed by atoms with van der Waals surface area (Å²) in [4.78, 5) is 27.6. The fourth-order valence-electron chi connectivity index (χ4n) is 7.38. The molecule has 0 aliphatic carbocycles. The minimum atomic E-state index is -0.564. The Labute approximate surface area is 1550 Å². The molecule has 0 saturated heterocycles. The van der Waals surface area contributed by atoms with Crippen molar-refractivity contribution in [3.8, 4) is 0 Å². The zero-order chi connectivity index (χ0) is 111. The number of esters is 2. The van der Waals surface area contributed by atoms with Crippen LogP contribution in [-0.2, 0) is 32.3 Å². The van der Waals surface area contributed by atoms with Gasteiger partial charge in [0.15, 0.2) is 0 Å². The van der Waals surface area contributed by atoms with Crippen LogP contribution in [0.4, 0.5) is 0 Å². The Bertz CT molecular complexity index is 4180. The molecule has 1 aliphatic rings. The molecule has 1 aliphatic heterocycles. The van der Waals surface area contributed by atoms with E-state index in [2.05, 4.69) is 1000 Å². The Kier molecular flexibility index (Phi) is 195. The molecule has 0 radical (unpaired) electrons. The van der Waals surface area contributed by atoms with Crippen molar-refractivity contribution in [3.63, 3.8) is 0 Å². The zero-order valence-corrected chi connectivity index (χ0v) is 271. The van der Waals surface area contributed by atoms with Crippen molar-refractivity contribution < 1.29 is 32.3 Å². The van der Waals surface area contributed by atoms with Crippen molar-refractivity contribution in [1.82, 2.24) is 10.2 Å². The van der Waals surface area contributed by atoms with E-state index in [1.165, 1.54) is 5.56 Å². The molecule has 0 bridgehead atoms. The van der Waals surface area contributed by atoms with E-state index in [9.17, 15) is 9.59 Å². The fourth-order valence-corrected chi connectivity index (χ4v) is 16600. The largest absolute Gasteiger partial charge is 0.197 e. The van der Waals surface area contributed by atoms with Gasteiger partial charge in [-0.15, -0.1) is 6.58 Å². The number of ether oxygens (including phenoxy) is 2. The summed E-state index contributed by atoms with van der Waals surface area (Å²) in [6, 6.07) is 40.7. The van der Waals surface area contributed by atoms with Crippen molar-refractivity contribution in [3.05, 3.63) is 179 Å². The van der Waals surface area contributed by atoms with Crippen LogP contribution in [0, 0.1) is 0 Å². The van der Waals surface area contributed by atoms with E-state index >= 15 is 0 Å². The number of hydrogen-bond donors (Lipinski definition) is 1. The van der Waals surface area contributed by atoms with Gasteiger partial charge in [-0.05, 0) is 56.4 Å². The molecule has 0 saturated carbocycles. The number of rotatable bonds is 56. The number of hydrogen-bond acceptors (Lipinski definition) is 6. The summed E-state index contributed by atoms with van der Waals surface area (Å²) in [5.41, 5.74) is 7.68. The summed E-state index contributed by atoms with van der Waals surface area (Å²) >= 11 is 160. The Morgan fingerprint density at radius 2 is 0.568 bits per heavy atom. The Balaban J connectivity index is -0.000000948. The van der Waals surface area contributed by atoms with Gasteiger partial charge in [0.1, 0.15) is 13.2 Å². The number of alkyl halides is 1. The second-order valence-corrected chi connectivity index (χ2v) is 2130. The molecule has 102 heteroatoms. The molecule has 4 aromatic rings. The summed E-state index contributed by atoms with van der Waals surface area (Å²) in [7, 11) is -22.3. The molecule has 1 unspecified atom stereocenters. The van der Waals surface area contributed by atoms with Gasteiger partial charge < -0.3 is 19.7 Å². The van der Waals surface area contributed by atoms with Gasteiger partial charge >= 0.3 is 1240 Å². The molecule has 950 valence electrons. The van der Waals surface area contributed by atoms with Crippen LogP contribution in [-0.4, -0.2) is 27.3 Å². The van der Waals surface area contributed by atoms with Crippen LogP contribution >= 0.6 is 1300 Å². The third-order valence-electron chi connectivity index (χ3n) is 12.4. The SMILES string of the molecule is C.C.C=CC/C(C(=O)OCc1ccccc1)=C(/C)N[C@@H](C)c1ccccc1.CC1=C(C(=O)OCc2ccccc2)CC(CI)N1[C@@H](C)c1ccccc1.II.II(I)I(I)I(I)I(I)I(I)I(I)I(I)I(I)I(I)I(I)I(I)I(I)I(I)I(I)I(I)I(I)I(I)I(I)I(I)I(I)I(I)I(I)I.I[I-]I(I)I(I)I(I)I(I)I(I)I(I)I(I)I(I)I(I)I(I)I(I)I(I)I(I)I(I)I(I)I(I)I(I)I(I)I(I)I(I)I(I)I.S.S. The summed E-state index contributed by atoms with van der Waals surface area (Å²) in [6.45, 7) is 12.6. The Morgan fingerprint density at radius 1 is 0.358 bits per heavy atom. The molecule has 0 fully saturated rings. The number of nitrogens with one attached hydrogen (secondary N) is 1.